The lowest BCUT2D eigenvalue weighted by Gasteiger charge is -2.16. The summed E-state index contributed by atoms with van der Waals surface area (Å²) >= 11 is 0. The maximum absolute atomic E-state index is 12.9. The van der Waals surface area contributed by atoms with Gasteiger partial charge in [-0.05, 0) is 43.5 Å². The molecule has 0 saturated heterocycles. The van der Waals surface area contributed by atoms with Crippen molar-refractivity contribution in [3.63, 3.8) is 0 Å². The maximum atomic E-state index is 12.9. The van der Waals surface area contributed by atoms with Crippen molar-refractivity contribution in [2.75, 3.05) is 19.6 Å². The van der Waals surface area contributed by atoms with E-state index in [9.17, 15) is 9.18 Å². The third kappa shape index (κ3) is 3.93. The highest BCUT2D eigenvalue weighted by Crippen LogP contribution is 2.48. The van der Waals surface area contributed by atoms with Crippen molar-refractivity contribution in [2.24, 2.45) is 0 Å². The average molecular weight is 301 g/mol. The Balaban J connectivity index is 0.00000200. The molecule has 0 heterocycles. The van der Waals surface area contributed by atoms with E-state index in [1.165, 1.54) is 12.1 Å². The van der Waals surface area contributed by atoms with Crippen LogP contribution in [-0.4, -0.2) is 25.5 Å². The molecule has 0 aromatic heterocycles. The smallest absolute Gasteiger partial charge is 0.230 e. The SMILES string of the molecule is CCCNCCNC(=O)C1(c2ccc(F)cc2)CC1.Cl. The summed E-state index contributed by atoms with van der Waals surface area (Å²) in [5.74, 6) is -0.193. The van der Waals surface area contributed by atoms with E-state index >= 15 is 0 Å². The molecule has 0 spiro atoms. The Kier molecular flexibility index (Phi) is 6.43. The zero-order chi connectivity index (χ0) is 13.7. The van der Waals surface area contributed by atoms with Gasteiger partial charge in [0.1, 0.15) is 5.82 Å². The van der Waals surface area contributed by atoms with Gasteiger partial charge in [-0.3, -0.25) is 4.79 Å². The molecule has 2 rings (SSSR count). The Morgan fingerprint density at radius 3 is 2.40 bits per heavy atom. The minimum atomic E-state index is -0.404. The predicted octanol–water partition coefficient (Wildman–Crippen LogP) is 2.39. The predicted molar refractivity (Wildman–Crippen MR) is 80.7 cm³/mol. The van der Waals surface area contributed by atoms with Crippen LogP contribution >= 0.6 is 12.4 Å². The van der Waals surface area contributed by atoms with Crippen LogP contribution in [0.4, 0.5) is 4.39 Å². The lowest BCUT2D eigenvalue weighted by molar-refractivity contribution is -0.123. The third-order valence-electron chi connectivity index (χ3n) is 3.60. The molecule has 1 fully saturated rings. The third-order valence-corrected chi connectivity index (χ3v) is 3.60. The van der Waals surface area contributed by atoms with E-state index in [2.05, 4.69) is 17.6 Å². The van der Waals surface area contributed by atoms with Crippen molar-refractivity contribution in [2.45, 2.75) is 31.6 Å². The molecule has 5 heteroatoms. The lowest BCUT2D eigenvalue weighted by atomic mass is 9.95. The molecule has 2 N–H and O–H groups in total. The Bertz CT molecular complexity index is 432. The first-order valence-corrected chi connectivity index (χ1v) is 6.94. The highest BCUT2D eigenvalue weighted by molar-refractivity contribution is 5.91. The van der Waals surface area contributed by atoms with E-state index < -0.39 is 5.41 Å². The zero-order valence-corrected chi connectivity index (χ0v) is 12.6. The number of benzene rings is 1. The molecular formula is C15H22ClFN2O. The molecule has 0 bridgehead atoms. The zero-order valence-electron chi connectivity index (χ0n) is 11.7. The maximum Gasteiger partial charge on any atom is 0.230 e. The summed E-state index contributed by atoms with van der Waals surface area (Å²) in [6.07, 6.45) is 2.80. The topological polar surface area (TPSA) is 41.1 Å². The molecule has 112 valence electrons. The van der Waals surface area contributed by atoms with Crippen LogP contribution in [0.15, 0.2) is 24.3 Å². The van der Waals surface area contributed by atoms with Gasteiger partial charge in [-0.15, -0.1) is 12.4 Å². The van der Waals surface area contributed by atoms with Gasteiger partial charge in [0.25, 0.3) is 0 Å². The molecule has 1 aliphatic rings. The number of rotatable bonds is 7. The summed E-state index contributed by atoms with van der Waals surface area (Å²) < 4.78 is 12.9. The Hall–Kier alpha value is -1.13. The summed E-state index contributed by atoms with van der Waals surface area (Å²) in [7, 11) is 0. The number of nitrogens with one attached hydrogen (secondary N) is 2. The molecule has 1 aliphatic carbocycles. The number of carbonyl (C=O) groups is 1. The van der Waals surface area contributed by atoms with E-state index in [-0.39, 0.29) is 24.1 Å². The second-order valence-corrected chi connectivity index (χ2v) is 5.09. The number of halogens is 2. The van der Waals surface area contributed by atoms with E-state index in [1.54, 1.807) is 12.1 Å². The molecule has 1 aromatic carbocycles. The molecule has 0 atom stereocenters. The standard InChI is InChI=1S/C15H21FN2O.ClH/c1-2-9-17-10-11-18-14(19)15(7-8-15)12-3-5-13(16)6-4-12;/h3-6,17H,2,7-11H2,1H3,(H,18,19);1H. The average Bonchev–Trinajstić information content (AvgIpc) is 3.21. The minimum Gasteiger partial charge on any atom is -0.354 e. The Labute approximate surface area is 125 Å². The molecule has 1 saturated carbocycles. The van der Waals surface area contributed by atoms with Gasteiger partial charge in [0, 0.05) is 13.1 Å². The molecule has 1 aromatic rings. The molecule has 3 nitrogen and oxygen atoms in total. The van der Waals surface area contributed by atoms with E-state index in [0.29, 0.717) is 6.54 Å². The van der Waals surface area contributed by atoms with Crippen LogP contribution in [-0.2, 0) is 10.2 Å². The summed E-state index contributed by atoms with van der Waals surface area (Å²) in [4.78, 5) is 12.2. The highest BCUT2D eigenvalue weighted by atomic mass is 35.5. The molecule has 0 radical (unpaired) electrons. The molecule has 0 aliphatic heterocycles. The fraction of sp³-hybridized carbons (Fsp3) is 0.533. The highest BCUT2D eigenvalue weighted by Gasteiger charge is 2.50. The fourth-order valence-electron chi connectivity index (χ4n) is 2.28. The summed E-state index contributed by atoms with van der Waals surface area (Å²) in [5.41, 5.74) is 0.520. The van der Waals surface area contributed by atoms with Gasteiger partial charge in [0.15, 0.2) is 0 Å². The van der Waals surface area contributed by atoms with Gasteiger partial charge in [-0.25, -0.2) is 4.39 Å². The Morgan fingerprint density at radius 2 is 1.85 bits per heavy atom. The number of carbonyl (C=O) groups excluding carboxylic acids is 1. The number of hydrogen-bond acceptors (Lipinski definition) is 2. The van der Waals surface area contributed by atoms with Crippen molar-refractivity contribution in [1.82, 2.24) is 10.6 Å². The van der Waals surface area contributed by atoms with Gasteiger partial charge in [-0.1, -0.05) is 19.1 Å². The van der Waals surface area contributed by atoms with E-state index in [1.807, 2.05) is 0 Å². The van der Waals surface area contributed by atoms with Crippen molar-refractivity contribution in [3.8, 4) is 0 Å². The second kappa shape index (κ2) is 7.60. The van der Waals surface area contributed by atoms with Gasteiger partial charge in [-0.2, -0.15) is 0 Å². The normalized spacial score (nSPS) is 15.3. The number of hydrogen-bond donors (Lipinski definition) is 2. The molecular weight excluding hydrogens is 279 g/mol. The van der Waals surface area contributed by atoms with Gasteiger partial charge in [0.05, 0.1) is 5.41 Å². The van der Waals surface area contributed by atoms with Crippen molar-refractivity contribution < 1.29 is 9.18 Å². The lowest BCUT2D eigenvalue weighted by Crippen LogP contribution is -2.38. The molecule has 0 unspecified atom stereocenters. The minimum absolute atomic E-state index is 0. The van der Waals surface area contributed by atoms with Crippen LogP contribution in [0.25, 0.3) is 0 Å². The van der Waals surface area contributed by atoms with Crippen LogP contribution in [0.1, 0.15) is 31.7 Å². The van der Waals surface area contributed by atoms with E-state index in [4.69, 9.17) is 0 Å². The monoisotopic (exact) mass is 300 g/mol. The summed E-state index contributed by atoms with van der Waals surface area (Å²) in [6.45, 7) is 4.51. The second-order valence-electron chi connectivity index (χ2n) is 5.09. The largest absolute Gasteiger partial charge is 0.354 e. The van der Waals surface area contributed by atoms with Crippen LogP contribution in [0.2, 0.25) is 0 Å². The first-order chi connectivity index (χ1) is 9.19. The Morgan fingerprint density at radius 1 is 1.20 bits per heavy atom. The van der Waals surface area contributed by atoms with Crippen molar-refractivity contribution >= 4 is 18.3 Å². The summed E-state index contributed by atoms with van der Waals surface area (Å²) in [6, 6.07) is 6.28. The van der Waals surface area contributed by atoms with E-state index in [0.717, 1.165) is 37.9 Å². The van der Waals surface area contributed by atoms with Gasteiger partial charge < -0.3 is 10.6 Å². The van der Waals surface area contributed by atoms with Crippen molar-refractivity contribution in [1.29, 1.82) is 0 Å². The first kappa shape index (κ1) is 16.9. The quantitative estimate of drug-likeness (QED) is 0.759. The van der Waals surface area contributed by atoms with Gasteiger partial charge in [0.2, 0.25) is 5.91 Å². The number of amides is 1. The van der Waals surface area contributed by atoms with Crippen molar-refractivity contribution in [3.05, 3.63) is 35.6 Å². The summed E-state index contributed by atoms with van der Waals surface area (Å²) in [5, 5.41) is 6.21. The fourth-order valence-corrected chi connectivity index (χ4v) is 2.28. The molecule has 1 amide bonds. The first-order valence-electron chi connectivity index (χ1n) is 6.94. The van der Waals surface area contributed by atoms with Crippen LogP contribution in [0, 0.1) is 5.82 Å². The van der Waals surface area contributed by atoms with Crippen LogP contribution < -0.4 is 10.6 Å². The van der Waals surface area contributed by atoms with Gasteiger partial charge >= 0.3 is 0 Å². The van der Waals surface area contributed by atoms with Crippen LogP contribution in [0.3, 0.4) is 0 Å². The van der Waals surface area contributed by atoms with Crippen LogP contribution in [0.5, 0.6) is 0 Å². The molecule has 20 heavy (non-hydrogen) atoms.